The van der Waals surface area contributed by atoms with E-state index < -0.39 is 18.0 Å². The zero-order chi connectivity index (χ0) is 27.4. The number of carbonyl (C=O) groups excluding carboxylic acids is 2. The maximum absolute atomic E-state index is 13.7. The molecule has 0 N–H and O–H groups in total. The molecule has 1 aromatic carbocycles. The normalized spacial score (nSPS) is 15.1. The van der Waals surface area contributed by atoms with E-state index in [1.807, 2.05) is 17.5 Å². The number of ether oxygens (including phenoxy) is 4. The number of rotatable bonds is 9. The van der Waals surface area contributed by atoms with Crippen molar-refractivity contribution in [3.8, 4) is 11.5 Å². The summed E-state index contributed by atoms with van der Waals surface area (Å²) in [7, 11) is 1.45. The second-order valence-electron chi connectivity index (χ2n) is 7.95. The lowest BCUT2D eigenvalue weighted by molar-refractivity contribution is -0.145. The molecule has 38 heavy (non-hydrogen) atoms. The number of allylic oxidation sites excluding steroid dienone is 1. The molecule has 0 aliphatic carbocycles. The van der Waals surface area contributed by atoms with E-state index in [9.17, 15) is 14.4 Å². The minimum Gasteiger partial charge on any atom is -0.493 e. The molecule has 4 rings (SSSR count). The van der Waals surface area contributed by atoms with Crippen LogP contribution in [0.4, 0.5) is 0 Å². The number of thiophene rings is 1. The van der Waals surface area contributed by atoms with Crippen LogP contribution in [0.3, 0.4) is 0 Å². The highest BCUT2D eigenvalue weighted by molar-refractivity contribution is 7.10. The van der Waals surface area contributed by atoms with Gasteiger partial charge in [0.2, 0.25) is 0 Å². The van der Waals surface area contributed by atoms with E-state index in [0.29, 0.717) is 26.2 Å². The smallest absolute Gasteiger partial charge is 0.344 e. The minimum absolute atomic E-state index is 0.188. The standard InChI is InChI=1S/C26H25ClN2O7S2/c1-5-34-20(30)13-36-23-16(27)10-15(11-17(23)33-4)12-19-24(31)29-22(18-8-7-9-37-18)21(25(32)35-6-2)14(3)28-26(29)38-19/h7-12,22H,5-6,13H2,1-4H3/b19-12-/t22-/m0/s1. The highest BCUT2D eigenvalue weighted by Crippen LogP contribution is 2.37. The topological polar surface area (TPSA) is 105 Å². The predicted molar refractivity (Wildman–Crippen MR) is 145 cm³/mol. The highest BCUT2D eigenvalue weighted by Gasteiger charge is 2.33. The molecule has 0 bridgehead atoms. The number of aromatic nitrogens is 1. The molecule has 1 atom stereocenters. The van der Waals surface area contributed by atoms with E-state index in [1.54, 1.807) is 39.0 Å². The van der Waals surface area contributed by atoms with Crippen molar-refractivity contribution in [1.29, 1.82) is 0 Å². The van der Waals surface area contributed by atoms with E-state index >= 15 is 0 Å². The molecule has 0 saturated heterocycles. The van der Waals surface area contributed by atoms with Crippen molar-refractivity contribution in [2.45, 2.75) is 26.8 Å². The van der Waals surface area contributed by atoms with Crippen LogP contribution >= 0.6 is 34.3 Å². The first-order chi connectivity index (χ1) is 18.3. The highest BCUT2D eigenvalue weighted by atomic mass is 35.5. The van der Waals surface area contributed by atoms with Gasteiger partial charge in [0.1, 0.15) is 6.04 Å². The maximum Gasteiger partial charge on any atom is 0.344 e. The van der Waals surface area contributed by atoms with Crippen LogP contribution in [-0.2, 0) is 19.1 Å². The van der Waals surface area contributed by atoms with Gasteiger partial charge in [-0.05, 0) is 56.0 Å². The molecule has 9 nitrogen and oxygen atoms in total. The average Bonchev–Trinajstić information content (AvgIpc) is 3.51. The maximum atomic E-state index is 13.7. The number of methoxy groups -OCH3 is 1. The van der Waals surface area contributed by atoms with Crippen LogP contribution < -0.4 is 24.4 Å². The molecular formula is C26H25ClN2O7S2. The fourth-order valence-electron chi connectivity index (χ4n) is 3.96. The molecule has 0 fully saturated rings. The number of hydrogen-bond acceptors (Lipinski definition) is 10. The van der Waals surface area contributed by atoms with Crippen LogP contribution in [0, 0.1) is 0 Å². The Balaban J connectivity index is 1.79. The number of fused-ring (bicyclic) bond motifs is 1. The van der Waals surface area contributed by atoms with Gasteiger partial charge in [-0.15, -0.1) is 11.3 Å². The molecule has 1 aliphatic rings. The fraction of sp³-hybridized carbons (Fsp3) is 0.308. The molecule has 200 valence electrons. The molecule has 12 heteroatoms. The first-order valence-corrected chi connectivity index (χ1v) is 13.7. The van der Waals surface area contributed by atoms with Gasteiger partial charge in [-0.1, -0.05) is 29.0 Å². The van der Waals surface area contributed by atoms with Crippen LogP contribution in [0.5, 0.6) is 11.5 Å². The Morgan fingerprint density at radius 3 is 2.63 bits per heavy atom. The molecule has 0 amide bonds. The van der Waals surface area contributed by atoms with Crippen LogP contribution in [0.2, 0.25) is 5.02 Å². The van der Waals surface area contributed by atoms with Gasteiger partial charge >= 0.3 is 11.9 Å². The van der Waals surface area contributed by atoms with Crippen LogP contribution in [-0.4, -0.2) is 43.4 Å². The third kappa shape index (κ3) is 5.54. The lowest BCUT2D eigenvalue weighted by atomic mass is 10.0. The number of esters is 2. The van der Waals surface area contributed by atoms with Crippen molar-refractivity contribution in [2.75, 3.05) is 26.9 Å². The van der Waals surface area contributed by atoms with Crippen molar-refractivity contribution in [2.24, 2.45) is 4.99 Å². The van der Waals surface area contributed by atoms with Gasteiger partial charge in [0.25, 0.3) is 5.56 Å². The SMILES string of the molecule is CCOC(=O)COc1c(Cl)cc(/C=c2\sc3n(c2=O)[C@@H](c2cccs2)C(C(=O)OCC)=C(C)N=3)cc1OC. The molecule has 0 radical (unpaired) electrons. The van der Waals surface area contributed by atoms with Gasteiger partial charge in [0.15, 0.2) is 22.9 Å². The predicted octanol–water partition coefficient (Wildman–Crippen LogP) is 3.46. The first kappa shape index (κ1) is 27.6. The monoisotopic (exact) mass is 576 g/mol. The van der Waals surface area contributed by atoms with Crippen molar-refractivity contribution in [3.63, 3.8) is 0 Å². The Bertz CT molecular complexity index is 1570. The molecular weight excluding hydrogens is 552 g/mol. The second-order valence-corrected chi connectivity index (χ2v) is 10.3. The number of halogens is 1. The van der Waals surface area contributed by atoms with E-state index in [-0.39, 0.29) is 41.9 Å². The van der Waals surface area contributed by atoms with Gasteiger partial charge in [-0.3, -0.25) is 9.36 Å². The largest absolute Gasteiger partial charge is 0.493 e. The molecule has 3 heterocycles. The summed E-state index contributed by atoms with van der Waals surface area (Å²) in [4.78, 5) is 44.1. The van der Waals surface area contributed by atoms with Crippen molar-refractivity contribution in [3.05, 3.63) is 76.1 Å². The molecule has 0 spiro atoms. The van der Waals surface area contributed by atoms with Crippen LogP contribution in [0.1, 0.15) is 37.3 Å². The first-order valence-electron chi connectivity index (χ1n) is 11.7. The molecule has 3 aromatic rings. The Labute approximate surface area is 231 Å². The summed E-state index contributed by atoms with van der Waals surface area (Å²) in [6.07, 6.45) is 1.67. The summed E-state index contributed by atoms with van der Waals surface area (Å²) in [5.74, 6) is -0.559. The zero-order valence-electron chi connectivity index (χ0n) is 21.1. The van der Waals surface area contributed by atoms with Crippen molar-refractivity contribution >= 4 is 52.3 Å². The van der Waals surface area contributed by atoms with Gasteiger partial charge < -0.3 is 18.9 Å². The Kier molecular flexibility index (Phi) is 8.70. The molecule has 0 unspecified atom stereocenters. The molecule has 0 saturated carbocycles. The lowest BCUT2D eigenvalue weighted by Crippen LogP contribution is -2.39. The number of benzene rings is 1. The second kappa shape index (κ2) is 12.0. The van der Waals surface area contributed by atoms with Crippen LogP contribution in [0.15, 0.2) is 50.7 Å². The third-order valence-corrected chi connectivity index (χ3v) is 7.71. The van der Waals surface area contributed by atoms with Crippen LogP contribution in [0.25, 0.3) is 6.08 Å². The van der Waals surface area contributed by atoms with Crippen molar-refractivity contribution in [1.82, 2.24) is 4.57 Å². The Morgan fingerprint density at radius 1 is 1.21 bits per heavy atom. The lowest BCUT2D eigenvalue weighted by Gasteiger charge is -2.23. The number of carbonyl (C=O) groups is 2. The minimum atomic E-state index is -0.649. The summed E-state index contributed by atoms with van der Waals surface area (Å²) in [5, 5.41) is 2.09. The van der Waals surface area contributed by atoms with E-state index in [1.165, 1.54) is 34.4 Å². The van der Waals surface area contributed by atoms with E-state index in [0.717, 1.165) is 4.88 Å². The zero-order valence-corrected chi connectivity index (χ0v) is 23.5. The number of hydrogen-bond donors (Lipinski definition) is 0. The summed E-state index contributed by atoms with van der Waals surface area (Å²) >= 11 is 9.09. The summed E-state index contributed by atoms with van der Waals surface area (Å²) < 4.78 is 23.0. The quantitative estimate of drug-likeness (QED) is 0.359. The number of nitrogens with zero attached hydrogens (tertiary/aromatic N) is 2. The van der Waals surface area contributed by atoms with Crippen molar-refractivity contribution < 1.29 is 28.5 Å². The van der Waals surface area contributed by atoms with Gasteiger partial charge in [-0.2, -0.15) is 0 Å². The summed E-state index contributed by atoms with van der Waals surface area (Å²) in [6, 6.07) is 6.35. The Morgan fingerprint density at radius 2 is 1.97 bits per heavy atom. The van der Waals surface area contributed by atoms with Gasteiger partial charge in [0, 0.05) is 4.88 Å². The molecule has 2 aromatic heterocycles. The van der Waals surface area contributed by atoms with E-state index in [4.69, 9.17) is 30.5 Å². The summed E-state index contributed by atoms with van der Waals surface area (Å²) in [5.41, 5.74) is 1.11. The average molecular weight is 577 g/mol. The fourth-order valence-corrected chi connectivity index (χ4v) is 6.10. The summed E-state index contributed by atoms with van der Waals surface area (Å²) in [6.45, 7) is 5.29. The van der Waals surface area contributed by atoms with Gasteiger partial charge in [-0.25, -0.2) is 14.6 Å². The van der Waals surface area contributed by atoms with E-state index in [2.05, 4.69) is 4.99 Å². The Hall–Kier alpha value is -3.41. The number of thiazole rings is 1. The third-order valence-electron chi connectivity index (χ3n) is 5.52. The van der Waals surface area contributed by atoms with Gasteiger partial charge in [0.05, 0.1) is 41.1 Å². The molecule has 1 aliphatic heterocycles.